The van der Waals surface area contributed by atoms with Crippen molar-refractivity contribution in [2.45, 2.75) is 5.66 Å². The Morgan fingerprint density at radius 2 is 2.07 bits per heavy atom. The van der Waals surface area contributed by atoms with Gasteiger partial charge in [0.1, 0.15) is 11.5 Å². The van der Waals surface area contributed by atoms with Crippen molar-refractivity contribution >= 4 is 52.4 Å². The van der Waals surface area contributed by atoms with Gasteiger partial charge in [0, 0.05) is 28.2 Å². The smallest absolute Gasteiger partial charge is 0.241 e. The summed E-state index contributed by atoms with van der Waals surface area (Å²) in [5, 5.41) is 5.32. The molecule has 0 saturated heterocycles. The first-order valence-electron chi connectivity index (χ1n) is 7.95. The van der Waals surface area contributed by atoms with Gasteiger partial charge in [-0.05, 0) is 46.7 Å². The van der Waals surface area contributed by atoms with Crippen molar-refractivity contribution in [3.63, 3.8) is 0 Å². The number of rotatable bonds is 5. The Hall–Kier alpha value is -1.98. The van der Waals surface area contributed by atoms with E-state index in [-0.39, 0.29) is 0 Å². The van der Waals surface area contributed by atoms with E-state index in [4.69, 9.17) is 11.6 Å². The molecule has 3 aromatic rings. The maximum absolute atomic E-state index is 13.6. The summed E-state index contributed by atoms with van der Waals surface area (Å²) in [5.74, 6) is -1.07. The lowest BCUT2D eigenvalue weighted by atomic mass is 10.1. The molecule has 0 aliphatic carbocycles. The van der Waals surface area contributed by atoms with Crippen LogP contribution in [0.4, 0.5) is 4.39 Å². The van der Waals surface area contributed by atoms with Crippen LogP contribution >= 0.6 is 30.3 Å². The van der Waals surface area contributed by atoms with Gasteiger partial charge >= 0.3 is 0 Å². The second-order valence-electron chi connectivity index (χ2n) is 6.04. The normalized spacial score (nSPS) is 15.0. The van der Waals surface area contributed by atoms with Crippen LogP contribution in [0.15, 0.2) is 54.0 Å². The number of benzene rings is 2. The maximum Gasteiger partial charge on any atom is 0.241 e. The molecule has 2 unspecified atom stereocenters. The van der Waals surface area contributed by atoms with Crippen LogP contribution in [0.25, 0.3) is 16.2 Å². The number of thiophene rings is 1. The van der Waals surface area contributed by atoms with Crippen molar-refractivity contribution in [1.82, 2.24) is 5.32 Å². The molecular weight excluding hydrogens is 408 g/mol. The molecule has 4 nitrogen and oxygen atoms in total. The number of nitrogens with one attached hydrogen (secondary N) is 1. The Bertz CT molecular complexity index is 1080. The fraction of sp³-hybridized carbons (Fsp3) is 0.105. The van der Waals surface area contributed by atoms with E-state index in [1.54, 1.807) is 41.8 Å². The maximum atomic E-state index is 13.6. The first-order valence-corrected chi connectivity index (χ1v) is 11.4. The Balaban J connectivity index is 1.91. The van der Waals surface area contributed by atoms with Gasteiger partial charge in [0.2, 0.25) is 13.3 Å². The van der Waals surface area contributed by atoms with Crippen LogP contribution in [-0.4, -0.2) is 17.5 Å². The van der Waals surface area contributed by atoms with Gasteiger partial charge in [0.25, 0.3) is 0 Å². The van der Waals surface area contributed by atoms with E-state index in [0.29, 0.717) is 21.5 Å². The quantitative estimate of drug-likeness (QED) is 0.538. The number of amides is 1. The van der Waals surface area contributed by atoms with Crippen LogP contribution in [0.3, 0.4) is 0 Å². The molecule has 3 rings (SSSR count). The Morgan fingerprint density at radius 1 is 1.33 bits per heavy atom. The van der Waals surface area contributed by atoms with Gasteiger partial charge in [0.15, 0.2) is 0 Å². The van der Waals surface area contributed by atoms with Crippen molar-refractivity contribution in [2.24, 2.45) is 0 Å². The molecule has 0 fully saturated rings. The van der Waals surface area contributed by atoms with Gasteiger partial charge in [-0.25, -0.2) is 4.39 Å². The van der Waals surface area contributed by atoms with E-state index in [1.165, 1.54) is 29.7 Å². The number of carbonyl (C=O) groups is 1. The van der Waals surface area contributed by atoms with E-state index in [9.17, 15) is 18.6 Å². The highest BCUT2D eigenvalue weighted by atomic mass is 35.5. The summed E-state index contributed by atoms with van der Waals surface area (Å²) in [6.45, 7) is 1.14. The molecule has 1 aromatic heterocycles. The van der Waals surface area contributed by atoms with Crippen LogP contribution < -0.4 is 5.32 Å². The lowest BCUT2D eigenvalue weighted by Crippen LogP contribution is -2.25. The van der Waals surface area contributed by atoms with Gasteiger partial charge in [-0.15, -0.1) is 11.3 Å². The molecule has 0 spiro atoms. The van der Waals surface area contributed by atoms with Crippen molar-refractivity contribution in [3.8, 4) is 0 Å². The average Bonchev–Trinajstić information content (AvgIpc) is 2.98. The monoisotopic (exact) mass is 423 g/mol. The van der Waals surface area contributed by atoms with Crippen molar-refractivity contribution < 1.29 is 18.6 Å². The number of halogens is 2. The summed E-state index contributed by atoms with van der Waals surface area (Å²) in [7, 11) is -3.82. The summed E-state index contributed by atoms with van der Waals surface area (Å²) >= 11 is 7.41. The summed E-state index contributed by atoms with van der Waals surface area (Å²) in [6.07, 6.45) is 2.66. The van der Waals surface area contributed by atoms with E-state index in [2.05, 4.69) is 5.32 Å². The SMILES string of the molecule is CP(=O)(O)C(C(=O)N/C=C/c1ccccc1F)c1csc2ccc(Cl)cc12. The van der Waals surface area contributed by atoms with Crippen LogP contribution in [0.5, 0.6) is 0 Å². The molecule has 27 heavy (non-hydrogen) atoms. The van der Waals surface area contributed by atoms with E-state index < -0.39 is 24.8 Å². The highest BCUT2D eigenvalue weighted by Gasteiger charge is 2.36. The van der Waals surface area contributed by atoms with Gasteiger partial charge in [-0.2, -0.15) is 0 Å². The summed E-state index contributed by atoms with van der Waals surface area (Å²) in [6, 6.07) is 11.3. The zero-order valence-corrected chi connectivity index (χ0v) is 16.7. The van der Waals surface area contributed by atoms with Gasteiger partial charge in [-0.1, -0.05) is 29.8 Å². The minimum Gasteiger partial charge on any atom is -0.344 e. The first-order chi connectivity index (χ1) is 12.8. The predicted octanol–water partition coefficient (Wildman–Crippen LogP) is 5.42. The molecule has 0 saturated carbocycles. The molecule has 2 aromatic carbocycles. The van der Waals surface area contributed by atoms with Gasteiger partial charge < -0.3 is 10.2 Å². The molecule has 0 aliphatic rings. The molecule has 0 radical (unpaired) electrons. The highest BCUT2D eigenvalue weighted by Crippen LogP contribution is 2.54. The minimum absolute atomic E-state index is 0.297. The fourth-order valence-electron chi connectivity index (χ4n) is 2.75. The number of fused-ring (bicyclic) bond motifs is 1. The summed E-state index contributed by atoms with van der Waals surface area (Å²) in [5.41, 5.74) is -0.511. The predicted molar refractivity (Wildman–Crippen MR) is 109 cm³/mol. The molecule has 2 atom stereocenters. The molecule has 1 amide bonds. The zero-order valence-electron chi connectivity index (χ0n) is 14.2. The molecule has 0 bridgehead atoms. The molecular formula is C19H16ClFNO3PS. The lowest BCUT2D eigenvalue weighted by Gasteiger charge is -2.18. The zero-order chi connectivity index (χ0) is 19.6. The van der Waals surface area contributed by atoms with E-state index in [1.807, 2.05) is 0 Å². The Morgan fingerprint density at radius 3 is 2.78 bits per heavy atom. The van der Waals surface area contributed by atoms with Crippen LogP contribution in [0.1, 0.15) is 16.8 Å². The molecule has 8 heteroatoms. The van der Waals surface area contributed by atoms with Crippen LogP contribution in [0.2, 0.25) is 5.02 Å². The molecule has 140 valence electrons. The number of hydrogen-bond acceptors (Lipinski definition) is 3. The Kier molecular flexibility index (Phi) is 5.82. The standard InChI is InChI=1S/C19H16ClFNO3PS/c1-26(24,25)18(15-11-27-17-7-6-13(20)10-14(15)17)19(23)22-9-8-12-4-2-3-5-16(12)21/h2-11,18H,1H3,(H,22,23)(H,24,25)/b9-8+. The average molecular weight is 424 g/mol. The largest absolute Gasteiger partial charge is 0.344 e. The van der Waals surface area contributed by atoms with Crippen molar-refractivity contribution in [1.29, 1.82) is 0 Å². The van der Waals surface area contributed by atoms with E-state index in [0.717, 1.165) is 11.4 Å². The Labute approximate surface area is 164 Å². The fourth-order valence-corrected chi connectivity index (χ4v) is 5.23. The van der Waals surface area contributed by atoms with Crippen LogP contribution in [0, 0.1) is 5.82 Å². The summed E-state index contributed by atoms with van der Waals surface area (Å²) in [4.78, 5) is 22.9. The number of carbonyl (C=O) groups excluding carboxylic acids is 1. The summed E-state index contributed by atoms with van der Waals surface area (Å²) < 4.78 is 27.0. The second-order valence-corrected chi connectivity index (χ2v) is 9.79. The van der Waals surface area contributed by atoms with Crippen LogP contribution in [-0.2, 0) is 9.36 Å². The van der Waals surface area contributed by atoms with E-state index >= 15 is 0 Å². The van der Waals surface area contributed by atoms with Gasteiger partial charge in [-0.3, -0.25) is 9.36 Å². The first kappa shape index (κ1) is 19.8. The number of hydrogen-bond donors (Lipinski definition) is 2. The van der Waals surface area contributed by atoms with Gasteiger partial charge in [0.05, 0.1) is 0 Å². The molecule has 1 heterocycles. The lowest BCUT2D eigenvalue weighted by molar-refractivity contribution is -0.120. The van der Waals surface area contributed by atoms with Crippen molar-refractivity contribution in [2.75, 3.05) is 6.66 Å². The topological polar surface area (TPSA) is 66.4 Å². The van der Waals surface area contributed by atoms with Crippen molar-refractivity contribution in [3.05, 3.63) is 76.0 Å². The highest BCUT2D eigenvalue weighted by molar-refractivity contribution is 7.58. The third kappa shape index (κ3) is 4.47. The third-order valence-electron chi connectivity index (χ3n) is 3.98. The minimum atomic E-state index is -3.82. The molecule has 0 aliphatic heterocycles. The third-order valence-corrected chi connectivity index (χ3v) is 6.67. The molecule has 2 N–H and O–H groups in total. The second kappa shape index (κ2) is 7.95.